The second-order valence-corrected chi connectivity index (χ2v) is 8.07. The lowest BCUT2D eigenvalue weighted by molar-refractivity contribution is -0.00447. The van der Waals surface area contributed by atoms with Gasteiger partial charge in [-0.05, 0) is 44.6 Å². The monoisotopic (exact) mass is 261 g/mol. The predicted octanol–water partition coefficient (Wildman–Crippen LogP) is 0.703. The smallest absolute Gasteiger partial charge is 0.153 e. The summed E-state index contributed by atoms with van der Waals surface area (Å²) in [5, 5.41) is 13.5. The van der Waals surface area contributed by atoms with Crippen molar-refractivity contribution in [3.63, 3.8) is 0 Å². The molecule has 0 amide bonds. The van der Waals surface area contributed by atoms with Gasteiger partial charge in [0.1, 0.15) is 0 Å². The average Bonchev–Trinajstić information content (AvgIpc) is 2.61. The van der Waals surface area contributed by atoms with Gasteiger partial charge < -0.3 is 10.4 Å². The molecule has 4 atom stereocenters. The van der Waals surface area contributed by atoms with Gasteiger partial charge in [0.15, 0.2) is 9.84 Å². The molecule has 2 fully saturated rings. The van der Waals surface area contributed by atoms with Gasteiger partial charge >= 0.3 is 0 Å². The zero-order valence-corrected chi connectivity index (χ0v) is 11.5. The molecule has 0 aromatic carbocycles. The number of rotatable bonds is 2. The average molecular weight is 261 g/mol. The molecule has 17 heavy (non-hydrogen) atoms. The zero-order chi connectivity index (χ0) is 12.7. The number of sulfone groups is 1. The van der Waals surface area contributed by atoms with Gasteiger partial charge in [-0.15, -0.1) is 0 Å². The van der Waals surface area contributed by atoms with Gasteiger partial charge in [-0.1, -0.05) is 6.92 Å². The Balaban J connectivity index is 2.22. The molecule has 100 valence electrons. The first-order valence-corrected chi connectivity index (χ1v) is 8.44. The molecule has 0 aromatic heterocycles. The molecule has 2 rings (SSSR count). The summed E-state index contributed by atoms with van der Waals surface area (Å²) in [6.07, 6.45) is 5.25. The Morgan fingerprint density at radius 2 is 2.06 bits per heavy atom. The van der Waals surface area contributed by atoms with E-state index in [2.05, 4.69) is 12.2 Å². The van der Waals surface area contributed by atoms with Crippen molar-refractivity contribution in [1.82, 2.24) is 5.32 Å². The van der Waals surface area contributed by atoms with E-state index >= 15 is 0 Å². The van der Waals surface area contributed by atoms with E-state index in [1.165, 1.54) is 6.26 Å². The van der Waals surface area contributed by atoms with Crippen molar-refractivity contribution in [2.75, 3.05) is 12.8 Å². The van der Waals surface area contributed by atoms with Crippen molar-refractivity contribution in [1.29, 1.82) is 0 Å². The number of nitrogens with one attached hydrogen (secondary N) is 1. The second kappa shape index (κ2) is 4.52. The molecule has 4 nitrogen and oxygen atoms in total. The van der Waals surface area contributed by atoms with Crippen molar-refractivity contribution in [3.05, 3.63) is 0 Å². The van der Waals surface area contributed by atoms with Gasteiger partial charge in [0.2, 0.25) is 0 Å². The standard InChI is InChI=1S/C12H23NO3S/c1-9-5-7-13-10(8-9)12(14)6-3-4-11(12)17(2,15)16/h9-11,13-14H,3-8H2,1-2H3. The number of piperidine rings is 1. The Labute approximate surface area is 104 Å². The quantitative estimate of drug-likeness (QED) is 0.768. The van der Waals surface area contributed by atoms with E-state index in [1.807, 2.05) is 0 Å². The van der Waals surface area contributed by atoms with Crippen LogP contribution in [-0.4, -0.2) is 43.2 Å². The minimum Gasteiger partial charge on any atom is -0.387 e. The first kappa shape index (κ1) is 13.3. The summed E-state index contributed by atoms with van der Waals surface area (Å²) in [7, 11) is -3.17. The predicted molar refractivity (Wildman–Crippen MR) is 67.6 cm³/mol. The zero-order valence-electron chi connectivity index (χ0n) is 10.6. The van der Waals surface area contributed by atoms with Crippen LogP contribution in [-0.2, 0) is 9.84 Å². The first-order chi connectivity index (χ1) is 7.84. The van der Waals surface area contributed by atoms with E-state index < -0.39 is 20.7 Å². The molecule has 1 aliphatic heterocycles. The van der Waals surface area contributed by atoms with Crippen molar-refractivity contribution in [3.8, 4) is 0 Å². The Morgan fingerprint density at radius 1 is 1.35 bits per heavy atom. The van der Waals surface area contributed by atoms with Crippen LogP contribution in [0.5, 0.6) is 0 Å². The maximum atomic E-state index is 11.8. The van der Waals surface area contributed by atoms with Crippen LogP contribution < -0.4 is 5.32 Å². The van der Waals surface area contributed by atoms with Crippen molar-refractivity contribution in [2.24, 2.45) is 5.92 Å². The fraction of sp³-hybridized carbons (Fsp3) is 1.00. The molecule has 2 N–H and O–H groups in total. The van der Waals surface area contributed by atoms with Crippen LogP contribution in [0.2, 0.25) is 0 Å². The fourth-order valence-electron chi connectivity index (χ4n) is 3.45. The molecular weight excluding hydrogens is 238 g/mol. The van der Waals surface area contributed by atoms with E-state index in [-0.39, 0.29) is 6.04 Å². The highest BCUT2D eigenvalue weighted by Crippen LogP contribution is 2.40. The van der Waals surface area contributed by atoms with Crippen LogP contribution in [0.1, 0.15) is 39.0 Å². The Hall–Kier alpha value is -0.130. The van der Waals surface area contributed by atoms with E-state index in [9.17, 15) is 13.5 Å². The van der Waals surface area contributed by atoms with Crippen LogP contribution in [0.4, 0.5) is 0 Å². The summed E-state index contributed by atoms with van der Waals surface area (Å²) in [5.41, 5.74) is -1.05. The van der Waals surface area contributed by atoms with Crippen LogP contribution in [0.25, 0.3) is 0 Å². The van der Waals surface area contributed by atoms with Gasteiger partial charge in [0.25, 0.3) is 0 Å². The highest BCUT2D eigenvalue weighted by atomic mass is 32.2. The third kappa shape index (κ3) is 2.51. The van der Waals surface area contributed by atoms with E-state index in [0.717, 1.165) is 25.8 Å². The van der Waals surface area contributed by atoms with Crippen LogP contribution in [0.15, 0.2) is 0 Å². The fourth-order valence-corrected chi connectivity index (χ4v) is 5.07. The third-order valence-electron chi connectivity index (χ3n) is 4.39. The van der Waals surface area contributed by atoms with Crippen molar-refractivity contribution < 1.29 is 13.5 Å². The molecular formula is C12H23NO3S. The van der Waals surface area contributed by atoms with Crippen LogP contribution in [0, 0.1) is 5.92 Å². The highest BCUT2D eigenvalue weighted by molar-refractivity contribution is 7.91. The number of hydrogen-bond acceptors (Lipinski definition) is 4. The molecule has 5 heteroatoms. The molecule has 0 spiro atoms. The van der Waals surface area contributed by atoms with E-state index in [4.69, 9.17) is 0 Å². The Kier molecular flexibility index (Phi) is 3.54. The van der Waals surface area contributed by atoms with E-state index in [1.54, 1.807) is 0 Å². The van der Waals surface area contributed by atoms with Crippen LogP contribution in [0.3, 0.4) is 0 Å². The van der Waals surface area contributed by atoms with Gasteiger partial charge in [-0.25, -0.2) is 8.42 Å². The first-order valence-electron chi connectivity index (χ1n) is 6.48. The normalized spacial score (nSPS) is 43.8. The molecule has 1 saturated heterocycles. The second-order valence-electron chi connectivity index (χ2n) is 5.84. The molecule has 1 saturated carbocycles. The summed E-state index contributed by atoms with van der Waals surface area (Å²) in [4.78, 5) is 0. The van der Waals surface area contributed by atoms with Gasteiger partial charge in [-0.2, -0.15) is 0 Å². The maximum absolute atomic E-state index is 11.8. The molecule has 4 unspecified atom stereocenters. The lowest BCUT2D eigenvalue weighted by Crippen LogP contribution is -2.59. The van der Waals surface area contributed by atoms with Crippen molar-refractivity contribution in [2.45, 2.75) is 55.9 Å². The van der Waals surface area contributed by atoms with Crippen LogP contribution >= 0.6 is 0 Å². The number of aliphatic hydroxyl groups is 1. The molecule has 1 heterocycles. The van der Waals surface area contributed by atoms with Gasteiger partial charge in [-0.3, -0.25) is 0 Å². The lowest BCUT2D eigenvalue weighted by Gasteiger charge is -2.41. The summed E-state index contributed by atoms with van der Waals surface area (Å²) in [5.74, 6) is 0.561. The third-order valence-corrected chi connectivity index (χ3v) is 6.06. The maximum Gasteiger partial charge on any atom is 0.153 e. The van der Waals surface area contributed by atoms with E-state index in [0.29, 0.717) is 18.8 Å². The molecule has 0 radical (unpaired) electrons. The minimum atomic E-state index is -3.17. The summed E-state index contributed by atoms with van der Waals surface area (Å²) in [6, 6.07) is -0.0616. The van der Waals surface area contributed by atoms with Gasteiger partial charge in [0, 0.05) is 12.3 Å². The van der Waals surface area contributed by atoms with Crippen molar-refractivity contribution >= 4 is 9.84 Å². The largest absolute Gasteiger partial charge is 0.387 e. The highest BCUT2D eigenvalue weighted by Gasteiger charge is 2.52. The van der Waals surface area contributed by atoms with Gasteiger partial charge in [0.05, 0.1) is 10.9 Å². The number of hydrogen-bond donors (Lipinski definition) is 2. The summed E-state index contributed by atoms with van der Waals surface area (Å²) >= 11 is 0. The molecule has 0 aromatic rings. The topological polar surface area (TPSA) is 66.4 Å². The Bertz CT molecular complexity index is 381. The summed E-state index contributed by atoms with van der Waals surface area (Å²) < 4.78 is 23.6. The SMILES string of the molecule is CC1CCNC(C2(O)CCCC2S(C)(=O)=O)C1. The molecule has 0 bridgehead atoms. The summed E-state index contributed by atoms with van der Waals surface area (Å²) in [6.45, 7) is 3.05. The Morgan fingerprint density at radius 3 is 2.65 bits per heavy atom. The minimum absolute atomic E-state index is 0.0616. The molecule has 1 aliphatic carbocycles. The molecule has 2 aliphatic rings. The lowest BCUT2D eigenvalue weighted by atomic mass is 9.82.